The number of nitrogens with one attached hydrogen (secondary N) is 2. The molecular weight excluding hydrogens is 268 g/mol. The molecule has 0 aromatic rings. The van der Waals surface area contributed by atoms with E-state index in [4.69, 9.17) is 5.11 Å². The second-order valence-electron chi connectivity index (χ2n) is 5.64. The zero-order valence-electron chi connectivity index (χ0n) is 12.1. The Morgan fingerprint density at radius 3 is 2.21 bits per heavy atom. The second-order valence-corrected chi connectivity index (χ2v) is 7.44. The van der Waals surface area contributed by atoms with Crippen molar-refractivity contribution in [3.05, 3.63) is 0 Å². The number of hydrogen-bond acceptors (Lipinski definition) is 3. The van der Waals surface area contributed by atoms with E-state index in [1.54, 1.807) is 27.0 Å². The molecule has 0 aromatic carbocycles. The normalized spacial score (nSPS) is 16.3. The average molecular weight is 292 g/mol. The third kappa shape index (κ3) is 7.15. The van der Waals surface area contributed by atoms with Gasteiger partial charge >= 0.3 is 12.0 Å². The van der Waals surface area contributed by atoms with Gasteiger partial charge in [-0.15, -0.1) is 0 Å². The molecule has 0 rings (SSSR count). The molecule has 6 nitrogen and oxygen atoms in total. The van der Waals surface area contributed by atoms with Crippen molar-refractivity contribution in [1.82, 2.24) is 10.6 Å². The minimum absolute atomic E-state index is 0.00168. The first-order valence-electron chi connectivity index (χ1n) is 6.15. The minimum atomic E-state index is -1.06. The van der Waals surface area contributed by atoms with Crippen LogP contribution in [-0.4, -0.2) is 45.4 Å². The standard InChI is InChI=1S/C12H24N2O4S/c1-8(19(5)18)6-7-13-11(17)14-9(10(15)16)12(2,3)4/h8-9H,6-7H2,1-5H3,(H,15,16)(H2,13,14,17). The predicted molar refractivity (Wildman–Crippen MR) is 75.6 cm³/mol. The van der Waals surface area contributed by atoms with Gasteiger partial charge in [-0.2, -0.15) is 0 Å². The molecular formula is C12H24N2O4S. The number of hydrogen-bond donors (Lipinski definition) is 3. The number of urea groups is 1. The highest BCUT2D eigenvalue weighted by atomic mass is 32.2. The lowest BCUT2D eigenvalue weighted by Crippen LogP contribution is -2.52. The molecule has 19 heavy (non-hydrogen) atoms. The summed E-state index contributed by atoms with van der Waals surface area (Å²) in [6.45, 7) is 7.44. The molecule has 0 aliphatic heterocycles. The molecule has 3 atom stereocenters. The molecule has 2 amide bonds. The van der Waals surface area contributed by atoms with Crippen molar-refractivity contribution < 1.29 is 18.9 Å². The number of amides is 2. The first-order chi connectivity index (χ1) is 8.55. The Hall–Kier alpha value is -1.11. The van der Waals surface area contributed by atoms with Gasteiger partial charge < -0.3 is 15.7 Å². The third-order valence-corrected chi connectivity index (χ3v) is 4.16. The highest BCUT2D eigenvalue weighted by Crippen LogP contribution is 2.19. The molecule has 7 heteroatoms. The average Bonchev–Trinajstić information content (AvgIpc) is 2.23. The Morgan fingerprint density at radius 1 is 1.32 bits per heavy atom. The van der Waals surface area contributed by atoms with Gasteiger partial charge in [-0.1, -0.05) is 27.7 Å². The van der Waals surface area contributed by atoms with E-state index >= 15 is 0 Å². The van der Waals surface area contributed by atoms with E-state index in [2.05, 4.69) is 10.6 Å². The fourth-order valence-electron chi connectivity index (χ4n) is 1.39. The fourth-order valence-corrected chi connectivity index (χ4v) is 1.84. The van der Waals surface area contributed by atoms with Crippen molar-refractivity contribution in [1.29, 1.82) is 0 Å². The Bertz CT molecular complexity index is 352. The summed E-state index contributed by atoms with van der Waals surface area (Å²) in [6, 6.07) is -1.47. The van der Waals surface area contributed by atoms with Crippen LogP contribution < -0.4 is 10.6 Å². The summed E-state index contributed by atoms with van der Waals surface area (Å²) in [5.74, 6) is -1.06. The van der Waals surface area contributed by atoms with Gasteiger partial charge in [0.1, 0.15) is 6.04 Å². The topological polar surface area (TPSA) is 95.5 Å². The van der Waals surface area contributed by atoms with Crippen LogP contribution in [0.2, 0.25) is 0 Å². The second kappa shape index (κ2) is 7.47. The van der Waals surface area contributed by atoms with Crippen molar-refractivity contribution in [3.8, 4) is 0 Å². The summed E-state index contributed by atoms with van der Waals surface area (Å²) in [4.78, 5) is 22.7. The summed E-state index contributed by atoms with van der Waals surface area (Å²) < 4.78 is 11.1. The van der Waals surface area contributed by atoms with Gasteiger partial charge in [0.05, 0.1) is 0 Å². The number of carbonyl (C=O) groups is 2. The summed E-state index contributed by atoms with van der Waals surface area (Å²) in [6.07, 6.45) is 2.20. The monoisotopic (exact) mass is 292 g/mol. The Kier molecular flexibility index (Phi) is 7.04. The van der Waals surface area contributed by atoms with E-state index in [1.807, 2.05) is 6.92 Å². The first-order valence-corrected chi connectivity index (χ1v) is 7.77. The molecule has 0 aromatic heterocycles. The summed E-state index contributed by atoms with van der Waals surface area (Å²) in [5, 5.41) is 14.1. The van der Waals surface area contributed by atoms with Gasteiger partial charge in [0.15, 0.2) is 0 Å². The van der Waals surface area contributed by atoms with Gasteiger partial charge in [0, 0.05) is 28.9 Å². The van der Waals surface area contributed by atoms with Crippen molar-refractivity contribution in [2.75, 3.05) is 12.8 Å². The third-order valence-electron chi connectivity index (χ3n) is 2.79. The van der Waals surface area contributed by atoms with Crippen LogP contribution in [0.4, 0.5) is 4.79 Å². The van der Waals surface area contributed by atoms with Crippen LogP contribution in [0.25, 0.3) is 0 Å². The van der Waals surface area contributed by atoms with Gasteiger partial charge in [0.2, 0.25) is 0 Å². The summed E-state index contributed by atoms with van der Waals surface area (Å²) in [7, 11) is -0.923. The van der Waals surface area contributed by atoms with Crippen LogP contribution in [0.15, 0.2) is 0 Å². The van der Waals surface area contributed by atoms with Gasteiger partial charge in [-0.3, -0.25) is 4.21 Å². The van der Waals surface area contributed by atoms with Crippen LogP contribution >= 0.6 is 0 Å². The van der Waals surface area contributed by atoms with E-state index in [0.717, 1.165) is 0 Å². The molecule has 3 N–H and O–H groups in total. The largest absolute Gasteiger partial charge is 0.480 e. The summed E-state index contributed by atoms with van der Waals surface area (Å²) in [5.41, 5.74) is -0.568. The Morgan fingerprint density at radius 2 is 1.84 bits per heavy atom. The van der Waals surface area contributed by atoms with Crippen molar-refractivity contribution in [3.63, 3.8) is 0 Å². The molecule has 0 fully saturated rings. The van der Waals surface area contributed by atoms with Crippen molar-refractivity contribution >= 4 is 22.8 Å². The smallest absolute Gasteiger partial charge is 0.326 e. The Balaban J connectivity index is 4.23. The number of rotatable bonds is 6. The lowest BCUT2D eigenvalue weighted by molar-refractivity contribution is -0.141. The van der Waals surface area contributed by atoms with E-state index < -0.39 is 34.3 Å². The van der Waals surface area contributed by atoms with Crippen LogP contribution in [0.3, 0.4) is 0 Å². The van der Waals surface area contributed by atoms with E-state index in [-0.39, 0.29) is 5.25 Å². The van der Waals surface area contributed by atoms with E-state index in [0.29, 0.717) is 13.0 Å². The van der Waals surface area contributed by atoms with E-state index in [9.17, 15) is 13.8 Å². The lowest BCUT2D eigenvalue weighted by Gasteiger charge is -2.27. The fraction of sp³-hybridized carbons (Fsp3) is 0.833. The number of carbonyl (C=O) groups excluding carboxylic acids is 1. The SMILES string of the molecule is CC(CCNC(=O)NC(C(=O)O)C(C)(C)C)S(C)=O. The number of carboxylic acids is 1. The van der Waals surface area contributed by atoms with Crippen LogP contribution in [0.5, 0.6) is 0 Å². The maximum absolute atomic E-state index is 11.6. The molecule has 0 saturated carbocycles. The highest BCUT2D eigenvalue weighted by Gasteiger charge is 2.32. The molecule has 0 bridgehead atoms. The maximum Gasteiger partial charge on any atom is 0.326 e. The molecule has 3 unspecified atom stereocenters. The van der Waals surface area contributed by atoms with Gasteiger partial charge in [-0.25, -0.2) is 9.59 Å². The quantitative estimate of drug-likeness (QED) is 0.679. The van der Waals surface area contributed by atoms with Gasteiger partial charge in [-0.05, 0) is 11.8 Å². The minimum Gasteiger partial charge on any atom is -0.480 e. The molecule has 0 heterocycles. The lowest BCUT2D eigenvalue weighted by atomic mass is 9.87. The van der Waals surface area contributed by atoms with Crippen molar-refractivity contribution in [2.24, 2.45) is 5.41 Å². The molecule has 0 aliphatic carbocycles. The van der Waals surface area contributed by atoms with Crippen LogP contribution in [0.1, 0.15) is 34.1 Å². The molecule has 0 saturated heterocycles. The van der Waals surface area contributed by atoms with Crippen LogP contribution in [0, 0.1) is 5.41 Å². The van der Waals surface area contributed by atoms with Crippen molar-refractivity contribution in [2.45, 2.75) is 45.4 Å². The molecule has 0 radical (unpaired) electrons. The molecule has 0 aliphatic rings. The zero-order valence-corrected chi connectivity index (χ0v) is 13.0. The van der Waals surface area contributed by atoms with Gasteiger partial charge in [0.25, 0.3) is 0 Å². The maximum atomic E-state index is 11.6. The zero-order chi connectivity index (χ0) is 15.2. The number of aliphatic carboxylic acids is 1. The Labute approximate surface area is 116 Å². The predicted octanol–water partition coefficient (Wildman–Crippen LogP) is 0.942. The molecule has 0 spiro atoms. The van der Waals surface area contributed by atoms with Crippen LogP contribution in [-0.2, 0) is 15.6 Å². The summed E-state index contributed by atoms with van der Waals surface area (Å²) >= 11 is 0. The first kappa shape index (κ1) is 17.9. The highest BCUT2D eigenvalue weighted by molar-refractivity contribution is 7.84. The van der Waals surface area contributed by atoms with E-state index in [1.165, 1.54) is 0 Å². The molecule has 112 valence electrons. The number of carboxylic acid groups (broad SMARTS) is 1.